The molecule has 8 heteroatoms. The summed E-state index contributed by atoms with van der Waals surface area (Å²) in [5.41, 5.74) is 1.05. The smallest absolute Gasteiger partial charge is 0.298 e. The van der Waals surface area contributed by atoms with Crippen LogP contribution < -0.4 is 14.8 Å². The summed E-state index contributed by atoms with van der Waals surface area (Å²) in [7, 11) is -2.21. The zero-order valence-electron chi connectivity index (χ0n) is 12.8. The number of carbonyl (C=O) groups excluding carboxylic acids is 1. The number of carbonyl (C=O) groups is 1. The van der Waals surface area contributed by atoms with Gasteiger partial charge in [0.1, 0.15) is 0 Å². The SMILES string of the molecule is CNS(=O)(=O)Nc1ccc(NC(=O)CCCn2cccc2)cc1. The molecule has 1 aromatic heterocycles. The molecule has 2 aromatic rings. The van der Waals surface area contributed by atoms with Crippen molar-refractivity contribution in [3.05, 3.63) is 48.8 Å². The van der Waals surface area contributed by atoms with Crippen LogP contribution in [0, 0.1) is 0 Å². The maximum atomic E-state index is 11.9. The summed E-state index contributed by atoms with van der Waals surface area (Å²) in [5.74, 6) is -0.0688. The number of aromatic nitrogens is 1. The van der Waals surface area contributed by atoms with E-state index >= 15 is 0 Å². The van der Waals surface area contributed by atoms with Crippen LogP contribution in [0.3, 0.4) is 0 Å². The highest BCUT2D eigenvalue weighted by Gasteiger charge is 2.06. The van der Waals surface area contributed by atoms with E-state index in [-0.39, 0.29) is 5.91 Å². The van der Waals surface area contributed by atoms with Crippen molar-refractivity contribution in [3.63, 3.8) is 0 Å². The summed E-state index contributed by atoms with van der Waals surface area (Å²) in [4.78, 5) is 11.9. The molecule has 2 rings (SSSR count). The molecule has 23 heavy (non-hydrogen) atoms. The first-order valence-electron chi connectivity index (χ1n) is 7.20. The van der Waals surface area contributed by atoms with Gasteiger partial charge in [0.2, 0.25) is 5.91 Å². The van der Waals surface area contributed by atoms with Gasteiger partial charge in [-0.3, -0.25) is 9.52 Å². The Labute approximate surface area is 135 Å². The first kappa shape index (κ1) is 17.0. The van der Waals surface area contributed by atoms with Crippen molar-refractivity contribution in [1.82, 2.24) is 9.29 Å². The summed E-state index contributed by atoms with van der Waals surface area (Å²) in [6.07, 6.45) is 5.10. The third-order valence-electron chi connectivity index (χ3n) is 3.18. The molecule has 1 amide bonds. The highest BCUT2D eigenvalue weighted by atomic mass is 32.2. The maximum Gasteiger partial charge on any atom is 0.298 e. The number of aryl methyl sites for hydroxylation is 1. The van der Waals surface area contributed by atoms with Gasteiger partial charge in [0.25, 0.3) is 10.2 Å². The highest BCUT2D eigenvalue weighted by Crippen LogP contribution is 2.14. The van der Waals surface area contributed by atoms with Crippen LogP contribution in [0.5, 0.6) is 0 Å². The summed E-state index contributed by atoms with van der Waals surface area (Å²) >= 11 is 0. The molecular weight excluding hydrogens is 316 g/mol. The number of hydrogen-bond acceptors (Lipinski definition) is 3. The van der Waals surface area contributed by atoms with E-state index in [1.165, 1.54) is 7.05 Å². The Kier molecular flexibility index (Phi) is 5.78. The second-order valence-corrected chi connectivity index (χ2v) is 6.58. The van der Waals surface area contributed by atoms with Gasteiger partial charge >= 0.3 is 0 Å². The van der Waals surface area contributed by atoms with Gasteiger partial charge in [0.15, 0.2) is 0 Å². The Morgan fingerprint density at radius 2 is 1.70 bits per heavy atom. The predicted molar refractivity (Wildman–Crippen MR) is 90.3 cm³/mol. The Hall–Kier alpha value is -2.32. The zero-order valence-corrected chi connectivity index (χ0v) is 13.6. The molecule has 7 nitrogen and oxygen atoms in total. The summed E-state index contributed by atoms with van der Waals surface area (Å²) in [5, 5.41) is 2.79. The van der Waals surface area contributed by atoms with Crippen molar-refractivity contribution in [2.75, 3.05) is 17.1 Å². The van der Waals surface area contributed by atoms with Gasteiger partial charge < -0.3 is 9.88 Å². The Bertz CT molecular complexity index is 725. The number of nitrogens with one attached hydrogen (secondary N) is 3. The van der Waals surface area contributed by atoms with Crippen molar-refractivity contribution in [2.24, 2.45) is 0 Å². The minimum atomic E-state index is -3.53. The van der Waals surface area contributed by atoms with Crippen LogP contribution >= 0.6 is 0 Å². The standard InChI is InChI=1S/C15H20N4O3S/c1-16-23(21,22)18-14-8-6-13(7-9-14)17-15(20)5-4-12-19-10-2-3-11-19/h2-3,6-11,16,18H,4-5,12H2,1H3,(H,17,20). The van der Waals surface area contributed by atoms with E-state index in [9.17, 15) is 13.2 Å². The Balaban J connectivity index is 1.79. The Morgan fingerprint density at radius 3 is 2.30 bits per heavy atom. The van der Waals surface area contributed by atoms with E-state index in [1.54, 1.807) is 24.3 Å². The molecule has 0 aliphatic rings. The monoisotopic (exact) mass is 336 g/mol. The molecule has 0 saturated carbocycles. The summed E-state index contributed by atoms with van der Waals surface area (Å²) in [6, 6.07) is 10.4. The van der Waals surface area contributed by atoms with Crippen LogP contribution in [-0.4, -0.2) is 25.9 Å². The first-order valence-corrected chi connectivity index (χ1v) is 8.69. The van der Waals surface area contributed by atoms with E-state index in [0.29, 0.717) is 17.8 Å². The Morgan fingerprint density at radius 1 is 1.09 bits per heavy atom. The molecule has 0 spiro atoms. The van der Waals surface area contributed by atoms with Crippen molar-refractivity contribution in [1.29, 1.82) is 0 Å². The van der Waals surface area contributed by atoms with E-state index < -0.39 is 10.2 Å². The lowest BCUT2D eigenvalue weighted by molar-refractivity contribution is -0.116. The van der Waals surface area contributed by atoms with E-state index in [0.717, 1.165) is 13.0 Å². The number of benzene rings is 1. The van der Waals surface area contributed by atoms with Crippen molar-refractivity contribution >= 4 is 27.5 Å². The van der Waals surface area contributed by atoms with Crippen LogP contribution in [0.2, 0.25) is 0 Å². The average molecular weight is 336 g/mol. The number of hydrogen-bond donors (Lipinski definition) is 3. The van der Waals surface area contributed by atoms with Crippen molar-refractivity contribution < 1.29 is 13.2 Å². The van der Waals surface area contributed by atoms with Crippen molar-refractivity contribution in [2.45, 2.75) is 19.4 Å². The largest absolute Gasteiger partial charge is 0.354 e. The van der Waals surface area contributed by atoms with E-state index in [2.05, 4.69) is 14.8 Å². The zero-order chi connectivity index (χ0) is 16.7. The number of nitrogens with zero attached hydrogens (tertiary/aromatic N) is 1. The molecule has 0 bridgehead atoms. The molecular formula is C15H20N4O3S. The molecule has 0 fully saturated rings. The number of amides is 1. The van der Waals surface area contributed by atoms with Crippen molar-refractivity contribution in [3.8, 4) is 0 Å². The summed E-state index contributed by atoms with van der Waals surface area (Å²) in [6.45, 7) is 0.797. The van der Waals surface area contributed by atoms with E-state index in [4.69, 9.17) is 0 Å². The fourth-order valence-electron chi connectivity index (χ4n) is 1.99. The first-order chi connectivity index (χ1) is 11.0. The third kappa shape index (κ3) is 5.76. The molecule has 0 aliphatic carbocycles. The van der Waals surface area contributed by atoms with E-state index in [1.807, 2.05) is 29.1 Å². The van der Waals surface area contributed by atoms with Gasteiger partial charge in [-0.05, 0) is 42.8 Å². The molecule has 1 aromatic carbocycles. The van der Waals surface area contributed by atoms with Crippen LogP contribution in [-0.2, 0) is 21.5 Å². The average Bonchev–Trinajstić information content (AvgIpc) is 3.02. The molecule has 0 radical (unpaired) electrons. The van der Waals surface area contributed by atoms with Gasteiger partial charge in [-0.15, -0.1) is 0 Å². The minimum Gasteiger partial charge on any atom is -0.354 e. The molecule has 0 atom stereocenters. The maximum absolute atomic E-state index is 11.9. The van der Waals surface area contributed by atoms with Crippen LogP contribution in [0.4, 0.5) is 11.4 Å². The van der Waals surface area contributed by atoms with Gasteiger partial charge in [-0.1, -0.05) is 0 Å². The van der Waals surface area contributed by atoms with Gasteiger partial charge in [0.05, 0.1) is 0 Å². The van der Waals surface area contributed by atoms with Gasteiger partial charge in [-0.25, -0.2) is 4.72 Å². The molecule has 0 saturated heterocycles. The fraction of sp³-hybridized carbons (Fsp3) is 0.267. The molecule has 1 heterocycles. The quantitative estimate of drug-likeness (QED) is 0.686. The second-order valence-electron chi connectivity index (χ2n) is 4.96. The predicted octanol–water partition coefficient (Wildman–Crippen LogP) is 1.78. The molecule has 0 unspecified atom stereocenters. The number of rotatable bonds is 8. The second kappa shape index (κ2) is 7.80. The normalized spacial score (nSPS) is 11.2. The number of anilines is 2. The molecule has 3 N–H and O–H groups in total. The fourth-order valence-corrected chi connectivity index (χ4v) is 2.54. The minimum absolute atomic E-state index is 0.0688. The van der Waals surface area contributed by atoms with Gasteiger partial charge in [0, 0.05) is 43.8 Å². The lowest BCUT2D eigenvalue weighted by atomic mass is 10.2. The van der Waals surface area contributed by atoms with Crippen LogP contribution in [0.25, 0.3) is 0 Å². The highest BCUT2D eigenvalue weighted by molar-refractivity contribution is 7.90. The molecule has 124 valence electrons. The lowest BCUT2D eigenvalue weighted by Crippen LogP contribution is -2.26. The van der Waals surface area contributed by atoms with Crippen LogP contribution in [0.1, 0.15) is 12.8 Å². The molecule has 0 aliphatic heterocycles. The van der Waals surface area contributed by atoms with Gasteiger partial charge in [-0.2, -0.15) is 8.42 Å². The third-order valence-corrected chi connectivity index (χ3v) is 4.22. The topological polar surface area (TPSA) is 92.2 Å². The summed E-state index contributed by atoms with van der Waals surface area (Å²) < 4.78 is 29.2. The lowest BCUT2D eigenvalue weighted by Gasteiger charge is -2.09. The van der Waals surface area contributed by atoms with Crippen LogP contribution in [0.15, 0.2) is 48.8 Å².